The fraction of sp³-hybridized carbons (Fsp3) is 0.318. The number of alkyl halides is 3. The van der Waals surface area contributed by atoms with Crippen LogP contribution in [-0.4, -0.2) is 27.3 Å². The van der Waals surface area contributed by atoms with Crippen molar-refractivity contribution in [3.8, 4) is 0 Å². The number of anilines is 1. The van der Waals surface area contributed by atoms with E-state index in [0.29, 0.717) is 42.4 Å². The number of nitrogens with two attached hydrogens (primary N) is 1. The zero-order valence-electron chi connectivity index (χ0n) is 17.0. The summed E-state index contributed by atoms with van der Waals surface area (Å²) < 4.78 is 43.9. The smallest absolute Gasteiger partial charge is 0.383 e. The Kier molecular flexibility index (Phi) is 5.30. The van der Waals surface area contributed by atoms with E-state index in [0.717, 1.165) is 28.8 Å². The van der Waals surface area contributed by atoms with Crippen molar-refractivity contribution >= 4 is 22.6 Å². The number of fused-ring (bicyclic) bond motifs is 3. The third-order valence-electron chi connectivity index (χ3n) is 5.59. The van der Waals surface area contributed by atoms with Gasteiger partial charge in [0.2, 0.25) is 0 Å². The molecule has 2 aromatic heterocycles. The Morgan fingerprint density at radius 1 is 1.23 bits per heavy atom. The third-order valence-corrected chi connectivity index (χ3v) is 5.59. The van der Waals surface area contributed by atoms with Gasteiger partial charge in [-0.2, -0.15) is 13.2 Å². The highest BCUT2D eigenvalue weighted by molar-refractivity contribution is 5.99. The summed E-state index contributed by atoms with van der Waals surface area (Å²) in [6, 6.07) is 6.97. The van der Waals surface area contributed by atoms with E-state index in [1.54, 1.807) is 30.0 Å². The molecule has 31 heavy (non-hydrogen) atoms. The maximum Gasteiger partial charge on any atom is 0.417 e. The van der Waals surface area contributed by atoms with Crippen molar-refractivity contribution < 1.29 is 22.7 Å². The van der Waals surface area contributed by atoms with Gasteiger partial charge < -0.3 is 15.4 Å². The summed E-state index contributed by atoms with van der Waals surface area (Å²) in [7, 11) is 0. The van der Waals surface area contributed by atoms with E-state index >= 15 is 0 Å². The minimum Gasteiger partial charge on any atom is -0.383 e. The molecule has 0 saturated heterocycles. The molecule has 0 bridgehead atoms. The number of hydrogen-bond acceptors (Lipinski definition) is 5. The average molecular weight is 430 g/mol. The number of amides is 1. The number of rotatable bonds is 4. The Morgan fingerprint density at radius 3 is 2.61 bits per heavy atom. The molecule has 1 amide bonds. The number of nitrogen functional groups attached to an aromatic ring is 1. The van der Waals surface area contributed by atoms with Crippen LogP contribution in [0.25, 0.3) is 10.9 Å². The predicted molar refractivity (Wildman–Crippen MR) is 109 cm³/mol. The summed E-state index contributed by atoms with van der Waals surface area (Å²) in [6.45, 7) is 4.71. The van der Waals surface area contributed by atoms with Gasteiger partial charge in [-0.25, -0.2) is 4.98 Å². The highest BCUT2D eigenvalue weighted by Crippen LogP contribution is 2.33. The number of pyridine rings is 2. The molecule has 0 aliphatic carbocycles. The standard InChI is InChI=1S/C22H21F3N4O2/c1-3-29(12(2)18-7-5-14(9-27-18)22(23,24)25)21(30)13-4-6-19-15(8-13)16-10-31-11-17(16)20(26)28-19/h4-9,12H,3,10-11H2,1-2H3,(H2,26,28)/t12-/m1/s1. The Labute approximate surface area is 176 Å². The van der Waals surface area contributed by atoms with Crippen LogP contribution in [0.4, 0.5) is 19.0 Å². The molecule has 1 aliphatic heterocycles. The fourth-order valence-corrected chi connectivity index (χ4v) is 3.84. The molecule has 1 atom stereocenters. The molecule has 0 saturated carbocycles. The molecule has 162 valence electrons. The second kappa shape index (κ2) is 7.81. The van der Waals surface area contributed by atoms with Crippen molar-refractivity contribution in [2.24, 2.45) is 0 Å². The van der Waals surface area contributed by atoms with Gasteiger partial charge in [0.25, 0.3) is 5.91 Å². The van der Waals surface area contributed by atoms with Gasteiger partial charge in [0.05, 0.1) is 36.0 Å². The van der Waals surface area contributed by atoms with Gasteiger partial charge in [0, 0.05) is 29.3 Å². The Bertz CT molecular complexity index is 1150. The Hall–Kier alpha value is -3.20. The topological polar surface area (TPSA) is 81.3 Å². The first-order chi connectivity index (χ1) is 14.7. The van der Waals surface area contributed by atoms with Crippen LogP contribution in [-0.2, 0) is 24.1 Å². The predicted octanol–water partition coefficient (Wildman–Crippen LogP) is 4.48. The largest absolute Gasteiger partial charge is 0.417 e. The first-order valence-electron chi connectivity index (χ1n) is 9.83. The molecule has 2 N–H and O–H groups in total. The molecule has 9 heteroatoms. The molecule has 3 aromatic rings. The SMILES string of the molecule is CCN(C(=O)c1ccc2nc(N)c3c(c2c1)COC3)[C@H](C)c1ccc(C(F)(F)F)cn1. The summed E-state index contributed by atoms with van der Waals surface area (Å²) in [6.07, 6.45) is -3.67. The van der Waals surface area contributed by atoms with Gasteiger partial charge in [-0.05, 0) is 49.7 Å². The van der Waals surface area contributed by atoms with Crippen LogP contribution in [0.15, 0.2) is 36.5 Å². The maximum absolute atomic E-state index is 13.3. The van der Waals surface area contributed by atoms with Crippen LogP contribution in [0.3, 0.4) is 0 Å². The van der Waals surface area contributed by atoms with Crippen molar-refractivity contribution in [2.75, 3.05) is 12.3 Å². The highest BCUT2D eigenvalue weighted by atomic mass is 19.4. The number of halogens is 3. The molecule has 4 rings (SSSR count). The number of aromatic nitrogens is 2. The summed E-state index contributed by atoms with van der Waals surface area (Å²) in [5.41, 5.74) is 8.46. The van der Waals surface area contributed by atoms with E-state index in [9.17, 15) is 18.0 Å². The lowest BCUT2D eigenvalue weighted by Crippen LogP contribution is -2.34. The van der Waals surface area contributed by atoms with Crippen LogP contribution in [0, 0.1) is 0 Å². The molecule has 1 aliphatic rings. The molecular formula is C22H21F3N4O2. The normalized spacial score (nSPS) is 14.5. The maximum atomic E-state index is 13.3. The van der Waals surface area contributed by atoms with E-state index in [1.165, 1.54) is 6.07 Å². The van der Waals surface area contributed by atoms with Crippen molar-refractivity contribution in [2.45, 2.75) is 39.3 Å². The van der Waals surface area contributed by atoms with Gasteiger partial charge in [0.1, 0.15) is 5.82 Å². The van der Waals surface area contributed by atoms with Crippen LogP contribution in [0.2, 0.25) is 0 Å². The van der Waals surface area contributed by atoms with Gasteiger partial charge >= 0.3 is 6.18 Å². The number of carbonyl (C=O) groups excluding carboxylic acids is 1. The number of ether oxygens (including phenoxy) is 1. The lowest BCUT2D eigenvalue weighted by Gasteiger charge is -2.28. The van der Waals surface area contributed by atoms with Crippen LogP contribution >= 0.6 is 0 Å². The summed E-state index contributed by atoms with van der Waals surface area (Å²) in [5.74, 6) is 0.180. The molecular weight excluding hydrogens is 409 g/mol. The van der Waals surface area contributed by atoms with Gasteiger partial charge in [-0.3, -0.25) is 9.78 Å². The minimum absolute atomic E-state index is 0.247. The van der Waals surface area contributed by atoms with Crippen molar-refractivity contribution in [3.63, 3.8) is 0 Å². The molecule has 0 spiro atoms. The monoisotopic (exact) mass is 430 g/mol. The van der Waals surface area contributed by atoms with Crippen molar-refractivity contribution in [1.82, 2.24) is 14.9 Å². The summed E-state index contributed by atoms with van der Waals surface area (Å²) >= 11 is 0. The second-order valence-corrected chi connectivity index (χ2v) is 7.42. The van der Waals surface area contributed by atoms with Crippen molar-refractivity contribution in [3.05, 3.63) is 64.5 Å². The van der Waals surface area contributed by atoms with E-state index in [4.69, 9.17) is 10.5 Å². The Balaban J connectivity index is 1.65. The Morgan fingerprint density at radius 2 is 1.97 bits per heavy atom. The van der Waals surface area contributed by atoms with E-state index in [-0.39, 0.29) is 5.91 Å². The van der Waals surface area contributed by atoms with E-state index < -0.39 is 17.8 Å². The third kappa shape index (κ3) is 3.81. The minimum atomic E-state index is -4.46. The zero-order valence-corrected chi connectivity index (χ0v) is 17.0. The highest BCUT2D eigenvalue weighted by Gasteiger charge is 2.31. The lowest BCUT2D eigenvalue weighted by atomic mass is 10.0. The van der Waals surface area contributed by atoms with Crippen LogP contribution in [0.1, 0.15) is 52.6 Å². The van der Waals surface area contributed by atoms with Crippen LogP contribution in [0.5, 0.6) is 0 Å². The van der Waals surface area contributed by atoms with Crippen molar-refractivity contribution in [1.29, 1.82) is 0 Å². The summed E-state index contributed by atoms with van der Waals surface area (Å²) in [4.78, 5) is 23.2. The summed E-state index contributed by atoms with van der Waals surface area (Å²) in [5, 5.41) is 0.809. The number of benzene rings is 1. The number of carbonyl (C=O) groups is 1. The zero-order chi connectivity index (χ0) is 22.3. The molecule has 0 fully saturated rings. The first-order valence-corrected chi connectivity index (χ1v) is 9.83. The van der Waals surface area contributed by atoms with Gasteiger partial charge in [-0.15, -0.1) is 0 Å². The van der Waals surface area contributed by atoms with Crippen LogP contribution < -0.4 is 5.73 Å². The number of hydrogen-bond donors (Lipinski definition) is 1. The lowest BCUT2D eigenvalue weighted by molar-refractivity contribution is -0.137. The van der Waals surface area contributed by atoms with Gasteiger partial charge in [-0.1, -0.05) is 0 Å². The second-order valence-electron chi connectivity index (χ2n) is 7.42. The average Bonchev–Trinajstić information content (AvgIpc) is 3.24. The first kappa shape index (κ1) is 21.0. The van der Waals surface area contributed by atoms with Gasteiger partial charge in [0.15, 0.2) is 0 Å². The molecule has 3 heterocycles. The molecule has 0 radical (unpaired) electrons. The number of nitrogens with zero attached hydrogens (tertiary/aromatic N) is 3. The quantitative estimate of drug-likeness (QED) is 0.660. The van der Waals surface area contributed by atoms with E-state index in [1.807, 2.05) is 6.92 Å². The molecule has 0 unspecified atom stereocenters. The fourth-order valence-electron chi connectivity index (χ4n) is 3.84. The molecule has 6 nitrogen and oxygen atoms in total. The molecule has 1 aromatic carbocycles. The van der Waals surface area contributed by atoms with E-state index in [2.05, 4.69) is 9.97 Å².